The van der Waals surface area contributed by atoms with E-state index in [2.05, 4.69) is 43.9 Å². The molecule has 1 heterocycles. The Bertz CT molecular complexity index is 392. The smallest absolute Gasteiger partial charge is 0.0876 e. The first-order chi connectivity index (χ1) is 8.11. The average molecular weight is 234 g/mol. The maximum absolute atomic E-state index is 5.79. The van der Waals surface area contributed by atoms with E-state index in [1.54, 1.807) is 0 Å². The molecule has 2 atom stereocenters. The van der Waals surface area contributed by atoms with Crippen LogP contribution in [0.4, 0.5) is 5.69 Å². The Kier molecular flexibility index (Phi) is 3.69. The van der Waals surface area contributed by atoms with E-state index < -0.39 is 0 Å². The van der Waals surface area contributed by atoms with Gasteiger partial charge >= 0.3 is 0 Å². The lowest BCUT2D eigenvalue weighted by molar-refractivity contribution is -0.0105. The highest BCUT2D eigenvalue weighted by atomic mass is 16.5. The van der Waals surface area contributed by atoms with Crippen molar-refractivity contribution in [1.82, 2.24) is 0 Å². The fourth-order valence-corrected chi connectivity index (χ4v) is 2.45. The van der Waals surface area contributed by atoms with Crippen LogP contribution in [0.15, 0.2) is 18.2 Å². The molecule has 1 fully saturated rings. The summed E-state index contributed by atoms with van der Waals surface area (Å²) in [6, 6.07) is 6.46. The van der Waals surface area contributed by atoms with Crippen LogP contribution in [-0.4, -0.2) is 31.8 Å². The zero-order valence-electron chi connectivity index (χ0n) is 10.9. The summed E-state index contributed by atoms with van der Waals surface area (Å²) in [4.78, 5) is 2.40. The van der Waals surface area contributed by atoms with Gasteiger partial charge in [0.2, 0.25) is 0 Å². The van der Waals surface area contributed by atoms with Crippen molar-refractivity contribution >= 4 is 5.69 Å². The molecule has 2 rings (SSSR count). The predicted molar refractivity (Wildman–Crippen MR) is 71.5 cm³/mol. The van der Waals surface area contributed by atoms with E-state index >= 15 is 0 Å². The molecule has 0 radical (unpaired) electrons. The van der Waals surface area contributed by atoms with E-state index in [1.807, 2.05) is 0 Å². The Hall–Kier alpha value is -1.06. The van der Waals surface area contributed by atoms with Gasteiger partial charge in [-0.1, -0.05) is 12.1 Å². The lowest BCUT2D eigenvalue weighted by atomic mass is 10.1. The number of aryl methyl sites for hydroxylation is 1. The largest absolute Gasteiger partial charge is 0.370 e. The Morgan fingerprint density at radius 1 is 1.35 bits per heavy atom. The monoisotopic (exact) mass is 234 g/mol. The molecule has 94 valence electrons. The molecule has 1 aliphatic rings. The summed E-state index contributed by atoms with van der Waals surface area (Å²) in [7, 11) is 0. The van der Waals surface area contributed by atoms with Crippen LogP contribution < -0.4 is 10.6 Å². The molecule has 17 heavy (non-hydrogen) atoms. The molecule has 1 saturated heterocycles. The van der Waals surface area contributed by atoms with Gasteiger partial charge in [0.15, 0.2) is 0 Å². The van der Waals surface area contributed by atoms with Crippen molar-refractivity contribution in [2.45, 2.75) is 33.0 Å². The van der Waals surface area contributed by atoms with Crippen molar-refractivity contribution < 1.29 is 4.74 Å². The van der Waals surface area contributed by atoms with Crippen molar-refractivity contribution in [3.63, 3.8) is 0 Å². The Morgan fingerprint density at radius 3 is 2.82 bits per heavy atom. The van der Waals surface area contributed by atoms with Crippen LogP contribution in [0.5, 0.6) is 0 Å². The molecule has 1 aromatic rings. The molecule has 2 N–H and O–H groups in total. The van der Waals surface area contributed by atoms with Crippen LogP contribution in [0.25, 0.3) is 0 Å². The molecule has 2 unspecified atom stereocenters. The second kappa shape index (κ2) is 5.07. The fourth-order valence-electron chi connectivity index (χ4n) is 2.45. The lowest BCUT2D eigenvalue weighted by Crippen LogP contribution is -2.49. The van der Waals surface area contributed by atoms with Crippen LogP contribution >= 0.6 is 0 Å². The molecule has 3 heteroatoms. The number of benzene rings is 1. The van der Waals surface area contributed by atoms with Crippen molar-refractivity contribution in [3.05, 3.63) is 29.3 Å². The third-order valence-electron chi connectivity index (χ3n) is 3.51. The molecule has 0 aliphatic carbocycles. The third-order valence-corrected chi connectivity index (χ3v) is 3.51. The molecule has 1 aliphatic heterocycles. The number of morpholine rings is 1. The SMILES string of the molecule is Cc1cccc(N2CC(C)OC(CN)C2)c1C. The first-order valence-electron chi connectivity index (χ1n) is 6.28. The Morgan fingerprint density at radius 2 is 2.12 bits per heavy atom. The number of anilines is 1. The number of hydrogen-bond acceptors (Lipinski definition) is 3. The van der Waals surface area contributed by atoms with Gasteiger partial charge in [-0.3, -0.25) is 0 Å². The Labute approximate surface area is 104 Å². The van der Waals surface area contributed by atoms with Gasteiger partial charge < -0.3 is 15.4 Å². The van der Waals surface area contributed by atoms with Gasteiger partial charge in [-0.05, 0) is 38.0 Å². The minimum absolute atomic E-state index is 0.152. The van der Waals surface area contributed by atoms with E-state index in [1.165, 1.54) is 16.8 Å². The van der Waals surface area contributed by atoms with Crippen molar-refractivity contribution in [2.75, 3.05) is 24.5 Å². The van der Waals surface area contributed by atoms with E-state index in [0.717, 1.165) is 13.1 Å². The fraction of sp³-hybridized carbons (Fsp3) is 0.571. The summed E-state index contributed by atoms with van der Waals surface area (Å²) in [6.45, 7) is 8.88. The third kappa shape index (κ3) is 2.61. The number of nitrogens with zero attached hydrogens (tertiary/aromatic N) is 1. The van der Waals surface area contributed by atoms with Gasteiger partial charge in [-0.2, -0.15) is 0 Å². The van der Waals surface area contributed by atoms with Crippen LogP contribution in [0.1, 0.15) is 18.1 Å². The highest BCUT2D eigenvalue weighted by Gasteiger charge is 2.25. The molecular weight excluding hydrogens is 212 g/mol. The summed E-state index contributed by atoms with van der Waals surface area (Å²) < 4.78 is 5.79. The van der Waals surface area contributed by atoms with Crippen LogP contribution in [0.3, 0.4) is 0 Å². The summed E-state index contributed by atoms with van der Waals surface area (Å²) in [6.07, 6.45) is 0.399. The molecule has 3 nitrogen and oxygen atoms in total. The van der Waals surface area contributed by atoms with E-state index in [9.17, 15) is 0 Å². The van der Waals surface area contributed by atoms with E-state index in [0.29, 0.717) is 6.54 Å². The first-order valence-corrected chi connectivity index (χ1v) is 6.28. The number of rotatable bonds is 2. The summed E-state index contributed by atoms with van der Waals surface area (Å²) >= 11 is 0. The van der Waals surface area contributed by atoms with E-state index in [4.69, 9.17) is 10.5 Å². The van der Waals surface area contributed by atoms with Crippen molar-refractivity contribution in [2.24, 2.45) is 5.73 Å². The summed E-state index contributed by atoms with van der Waals surface area (Å²) in [5.41, 5.74) is 9.74. The summed E-state index contributed by atoms with van der Waals surface area (Å²) in [5, 5.41) is 0. The van der Waals surface area contributed by atoms with Gasteiger partial charge in [0.05, 0.1) is 12.2 Å². The second-order valence-electron chi connectivity index (χ2n) is 4.93. The molecular formula is C14H22N2O. The molecule has 0 spiro atoms. The Balaban J connectivity index is 2.23. The first kappa shape index (κ1) is 12.4. The van der Waals surface area contributed by atoms with Crippen LogP contribution in [0.2, 0.25) is 0 Å². The zero-order valence-corrected chi connectivity index (χ0v) is 10.9. The number of nitrogens with two attached hydrogens (primary N) is 1. The van der Waals surface area contributed by atoms with Crippen LogP contribution in [0, 0.1) is 13.8 Å². The molecule has 1 aromatic carbocycles. The highest BCUT2D eigenvalue weighted by molar-refractivity contribution is 5.56. The quantitative estimate of drug-likeness (QED) is 0.849. The van der Waals surface area contributed by atoms with Gasteiger partial charge in [0.1, 0.15) is 0 Å². The van der Waals surface area contributed by atoms with Gasteiger partial charge in [-0.25, -0.2) is 0 Å². The molecule has 0 amide bonds. The average Bonchev–Trinajstić information content (AvgIpc) is 2.31. The van der Waals surface area contributed by atoms with Gasteiger partial charge in [-0.15, -0.1) is 0 Å². The minimum Gasteiger partial charge on any atom is -0.370 e. The summed E-state index contributed by atoms with van der Waals surface area (Å²) in [5.74, 6) is 0. The highest BCUT2D eigenvalue weighted by Crippen LogP contribution is 2.25. The van der Waals surface area contributed by atoms with Crippen LogP contribution in [-0.2, 0) is 4.74 Å². The number of ether oxygens (including phenoxy) is 1. The molecule has 0 bridgehead atoms. The normalized spacial score (nSPS) is 25.1. The zero-order chi connectivity index (χ0) is 12.4. The van der Waals surface area contributed by atoms with Gasteiger partial charge in [0.25, 0.3) is 0 Å². The molecule has 0 aromatic heterocycles. The van der Waals surface area contributed by atoms with E-state index in [-0.39, 0.29) is 12.2 Å². The predicted octanol–water partition coefficient (Wildman–Crippen LogP) is 1.86. The van der Waals surface area contributed by atoms with Gasteiger partial charge in [0, 0.05) is 25.3 Å². The standard InChI is InChI=1S/C14H22N2O/c1-10-5-4-6-14(12(10)3)16-8-11(2)17-13(7-15)9-16/h4-6,11,13H,7-9,15H2,1-3H3. The maximum Gasteiger partial charge on any atom is 0.0876 e. The van der Waals surface area contributed by atoms with Crippen molar-refractivity contribution in [3.8, 4) is 0 Å². The second-order valence-corrected chi connectivity index (χ2v) is 4.93. The lowest BCUT2D eigenvalue weighted by Gasteiger charge is -2.38. The number of hydrogen-bond donors (Lipinski definition) is 1. The minimum atomic E-state index is 0.152. The maximum atomic E-state index is 5.79. The van der Waals surface area contributed by atoms with Crippen molar-refractivity contribution in [1.29, 1.82) is 0 Å². The molecule has 0 saturated carbocycles. The topological polar surface area (TPSA) is 38.5 Å².